The number of halogens is 2. The first-order chi connectivity index (χ1) is 11.5. The zero-order chi connectivity index (χ0) is 17.4. The van der Waals surface area contributed by atoms with Gasteiger partial charge in [-0.25, -0.2) is 0 Å². The monoisotopic (exact) mass is 383 g/mol. The number of carbonyl (C=O) groups excluding carboxylic acids is 1. The van der Waals surface area contributed by atoms with E-state index < -0.39 is 0 Å². The lowest BCUT2D eigenvalue weighted by Gasteiger charge is -2.09. The molecule has 0 saturated carbocycles. The van der Waals surface area contributed by atoms with Gasteiger partial charge in [-0.1, -0.05) is 29.3 Å². The molecule has 0 spiro atoms. The number of aryl methyl sites for hydroxylation is 1. The molecule has 24 heavy (non-hydrogen) atoms. The lowest BCUT2D eigenvalue weighted by atomic mass is 10.2. The SMILES string of the molecule is Cc1ccc(OCCNC(=O)CCSc2ccc(Cl)cc2)cc1Cl. The van der Waals surface area contributed by atoms with Crippen LogP contribution in [0.15, 0.2) is 47.4 Å². The first kappa shape index (κ1) is 19.0. The van der Waals surface area contributed by atoms with E-state index >= 15 is 0 Å². The summed E-state index contributed by atoms with van der Waals surface area (Å²) in [5.41, 5.74) is 1.01. The second-order valence-electron chi connectivity index (χ2n) is 5.16. The van der Waals surface area contributed by atoms with E-state index in [1.165, 1.54) is 0 Å². The van der Waals surface area contributed by atoms with Crippen LogP contribution < -0.4 is 10.1 Å². The van der Waals surface area contributed by atoms with Gasteiger partial charge in [0.15, 0.2) is 0 Å². The van der Waals surface area contributed by atoms with Gasteiger partial charge in [0.1, 0.15) is 12.4 Å². The molecule has 0 heterocycles. The molecule has 0 fully saturated rings. The second kappa shape index (κ2) is 9.82. The normalized spacial score (nSPS) is 10.5. The largest absolute Gasteiger partial charge is 0.492 e. The van der Waals surface area contributed by atoms with E-state index in [1.54, 1.807) is 17.8 Å². The van der Waals surface area contributed by atoms with Crippen molar-refractivity contribution in [3.63, 3.8) is 0 Å². The van der Waals surface area contributed by atoms with Crippen molar-refractivity contribution in [3.8, 4) is 5.75 Å². The Bertz CT molecular complexity index is 677. The smallest absolute Gasteiger partial charge is 0.220 e. The van der Waals surface area contributed by atoms with E-state index in [2.05, 4.69) is 5.32 Å². The molecule has 0 aliphatic carbocycles. The fourth-order valence-corrected chi connectivity index (χ4v) is 3.05. The molecule has 0 saturated heterocycles. The maximum atomic E-state index is 11.8. The van der Waals surface area contributed by atoms with Crippen molar-refractivity contribution in [2.75, 3.05) is 18.9 Å². The minimum Gasteiger partial charge on any atom is -0.492 e. The minimum atomic E-state index is 0.0157. The molecule has 1 amide bonds. The average Bonchev–Trinajstić information content (AvgIpc) is 2.56. The van der Waals surface area contributed by atoms with E-state index in [1.807, 2.05) is 43.3 Å². The number of carbonyl (C=O) groups is 1. The second-order valence-corrected chi connectivity index (χ2v) is 7.17. The summed E-state index contributed by atoms with van der Waals surface area (Å²) in [6, 6.07) is 13.1. The summed E-state index contributed by atoms with van der Waals surface area (Å²) in [5.74, 6) is 1.45. The van der Waals surface area contributed by atoms with E-state index in [4.69, 9.17) is 27.9 Å². The Morgan fingerprint density at radius 1 is 1.17 bits per heavy atom. The summed E-state index contributed by atoms with van der Waals surface area (Å²) in [4.78, 5) is 12.9. The standard InChI is InChI=1S/C18H19Cl2NO2S/c1-13-2-5-15(12-17(13)20)23-10-9-21-18(22)8-11-24-16-6-3-14(19)4-7-16/h2-7,12H,8-11H2,1H3,(H,21,22). The highest BCUT2D eigenvalue weighted by Gasteiger charge is 2.03. The fourth-order valence-electron chi connectivity index (χ4n) is 1.90. The highest BCUT2D eigenvalue weighted by atomic mass is 35.5. The van der Waals surface area contributed by atoms with Gasteiger partial charge in [-0.3, -0.25) is 4.79 Å². The Morgan fingerprint density at radius 3 is 2.62 bits per heavy atom. The third-order valence-electron chi connectivity index (χ3n) is 3.25. The van der Waals surface area contributed by atoms with Crippen LogP contribution in [0, 0.1) is 6.92 Å². The summed E-state index contributed by atoms with van der Waals surface area (Å²) in [7, 11) is 0. The van der Waals surface area contributed by atoms with Crippen molar-refractivity contribution >= 4 is 40.9 Å². The lowest BCUT2D eigenvalue weighted by molar-refractivity contribution is -0.120. The van der Waals surface area contributed by atoms with Crippen LogP contribution >= 0.6 is 35.0 Å². The Balaban J connectivity index is 1.59. The van der Waals surface area contributed by atoms with Crippen molar-refractivity contribution in [2.45, 2.75) is 18.2 Å². The molecule has 0 atom stereocenters. The molecule has 3 nitrogen and oxygen atoms in total. The molecule has 0 aliphatic heterocycles. The molecule has 2 aromatic carbocycles. The van der Waals surface area contributed by atoms with Gasteiger partial charge in [-0.2, -0.15) is 0 Å². The van der Waals surface area contributed by atoms with Gasteiger partial charge in [-0.15, -0.1) is 11.8 Å². The highest BCUT2D eigenvalue weighted by Crippen LogP contribution is 2.22. The molecule has 0 aliphatic rings. The predicted octanol–water partition coefficient (Wildman–Crippen LogP) is 4.98. The molecular formula is C18H19Cl2NO2S. The topological polar surface area (TPSA) is 38.3 Å². The Kier molecular flexibility index (Phi) is 7.76. The van der Waals surface area contributed by atoms with Crippen LogP contribution in [-0.2, 0) is 4.79 Å². The van der Waals surface area contributed by atoms with Crippen molar-refractivity contribution in [2.24, 2.45) is 0 Å². The molecule has 0 bridgehead atoms. The number of ether oxygens (including phenoxy) is 1. The molecule has 2 aromatic rings. The third kappa shape index (κ3) is 6.63. The number of nitrogens with one attached hydrogen (secondary N) is 1. The fraction of sp³-hybridized carbons (Fsp3) is 0.278. The maximum Gasteiger partial charge on any atom is 0.220 e. The van der Waals surface area contributed by atoms with Crippen LogP contribution in [0.5, 0.6) is 5.75 Å². The Hall–Kier alpha value is -1.36. The van der Waals surface area contributed by atoms with Crippen molar-refractivity contribution in [1.82, 2.24) is 5.32 Å². The summed E-state index contributed by atoms with van der Waals surface area (Å²) < 4.78 is 5.56. The summed E-state index contributed by atoms with van der Waals surface area (Å²) in [5, 5.41) is 4.23. The summed E-state index contributed by atoms with van der Waals surface area (Å²) in [6.45, 7) is 2.82. The molecule has 0 aromatic heterocycles. The number of hydrogen-bond donors (Lipinski definition) is 1. The van der Waals surface area contributed by atoms with E-state index in [0.717, 1.165) is 16.2 Å². The lowest BCUT2D eigenvalue weighted by Crippen LogP contribution is -2.28. The summed E-state index contributed by atoms with van der Waals surface area (Å²) in [6.07, 6.45) is 0.462. The van der Waals surface area contributed by atoms with Gasteiger partial charge >= 0.3 is 0 Å². The van der Waals surface area contributed by atoms with Gasteiger partial charge in [0.25, 0.3) is 0 Å². The number of hydrogen-bond acceptors (Lipinski definition) is 3. The Labute approximate surface area is 156 Å². The molecule has 0 radical (unpaired) electrons. The van der Waals surface area contributed by atoms with Gasteiger partial charge in [0.05, 0.1) is 6.54 Å². The van der Waals surface area contributed by atoms with Crippen LogP contribution in [0.3, 0.4) is 0 Å². The van der Waals surface area contributed by atoms with Gasteiger partial charge in [0, 0.05) is 27.1 Å². The first-order valence-electron chi connectivity index (χ1n) is 7.58. The van der Waals surface area contributed by atoms with Crippen molar-refractivity contribution in [3.05, 3.63) is 58.1 Å². The zero-order valence-electron chi connectivity index (χ0n) is 13.4. The number of amides is 1. The van der Waals surface area contributed by atoms with E-state index in [0.29, 0.717) is 35.4 Å². The molecule has 1 N–H and O–H groups in total. The molecule has 0 unspecified atom stereocenters. The molecule has 6 heteroatoms. The van der Waals surface area contributed by atoms with Crippen LogP contribution in [0.1, 0.15) is 12.0 Å². The first-order valence-corrected chi connectivity index (χ1v) is 9.33. The summed E-state index contributed by atoms with van der Waals surface area (Å²) >= 11 is 13.5. The van der Waals surface area contributed by atoms with Gasteiger partial charge < -0.3 is 10.1 Å². The predicted molar refractivity (Wildman–Crippen MR) is 101 cm³/mol. The van der Waals surface area contributed by atoms with Crippen LogP contribution in [-0.4, -0.2) is 24.8 Å². The third-order valence-corrected chi connectivity index (χ3v) is 4.92. The van der Waals surface area contributed by atoms with Crippen LogP contribution in [0.4, 0.5) is 0 Å². The van der Waals surface area contributed by atoms with Gasteiger partial charge in [0.2, 0.25) is 5.91 Å². The molecule has 2 rings (SSSR count). The number of thioether (sulfide) groups is 1. The minimum absolute atomic E-state index is 0.0157. The number of benzene rings is 2. The van der Waals surface area contributed by atoms with Crippen molar-refractivity contribution < 1.29 is 9.53 Å². The highest BCUT2D eigenvalue weighted by molar-refractivity contribution is 7.99. The van der Waals surface area contributed by atoms with Crippen molar-refractivity contribution in [1.29, 1.82) is 0 Å². The van der Waals surface area contributed by atoms with Crippen LogP contribution in [0.2, 0.25) is 10.0 Å². The molecular weight excluding hydrogens is 365 g/mol. The van der Waals surface area contributed by atoms with E-state index in [-0.39, 0.29) is 5.91 Å². The Morgan fingerprint density at radius 2 is 1.92 bits per heavy atom. The maximum absolute atomic E-state index is 11.8. The van der Waals surface area contributed by atoms with Crippen LogP contribution in [0.25, 0.3) is 0 Å². The van der Waals surface area contributed by atoms with E-state index in [9.17, 15) is 4.79 Å². The quantitative estimate of drug-likeness (QED) is 0.515. The molecule has 128 valence electrons. The average molecular weight is 384 g/mol. The number of rotatable bonds is 8. The van der Waals surface area contributed by atoms with Gasteiger partial charge in [-0.05, 0) is 48.9 Å². The zero-order valence-corrected chi connectivity index (χ0v) is 15.7.